The highest BCUT2D eigenvalue weighted by atomic mass is 16.3. The number of rotatable bonds is 4. The van der Waals surface area contributed by atoms with Crippen LogP contribution in [-0.2, 0) is 0 Å². The van der Waals surface area contributed by atoms with E-state index in [0.717, 1.165) is 0 Å². The van der Waals surface area contributed by atoms with E-state index in [1.54, 1.807) is 0 Å². The van der Waals surface area contributed by atoms with Gasteiger partial charge in [-0.15, -0.1) is 13.2 Å². The molecular weight excluding hydrogens is 284 g/mol. The second-order valence-electron chi connectivity index (χ2n) is 8.96. The van der Waals surface area contributed by atoms with Gasteiger partial charge in [0.2, 0.25) is 0 Å². The van der Waals surface area contributed by atoms with E-state index in [9.17, 15) is 10.2 Å². The number of hydrogen-bond acceptors (Lipinski definition) is 2. The SMILES string of the molecule is C=CC[C@@]1(O)C2C3[C@H]4C[C@@H]2C2C4[C@@]4(C=CC=C[C@]241)[C@]3(O)CC=C. The summed E-state index contributed by atoms with van der Waals surface area (Å²) in [6, 6.07) is 0. The highest BCUT2D eigenvalue weighted by Crippen LogP contribution is 2.97. The molecule has 0 aromatic heterocycles. The normalized spacial score (nSPS) is 67.6. The van der Waals surface area contributed by atoms with Crippen LogP contribution in [0.5, 0.6) is 0 Å². The lowest BCUT2D eigenvalue weighted by molar-refractivity contribution is -0.292. The number of aliphatic hydroxyl groups is 2. The van der Waals surface area contributed by atoms with Crippen molar-refractivity contribution in [3.63, 3.8) is 0 Å². The molecule has 2 spiro atoms. The van der Waals surface area contributed by atoms with Crippen LogP contribution >= 0.6 is 0 Å². The summed E-state index contributed by atoms with van der Waals surface area (Å²) in [6.45, 7) is 7.88. The van der Waals surface area contributed by atoms with Crippen LogP contribution in [0.3, 0.4) is 0 Å². The summed E-state index contributed by atoms with van der Waals surface area (Å²) in [5.74, 6) is 2.73. The molecule has 6 aliphatic rings. The fourth-order valence-corrected chi connectivity index (χ4v) is 9.51. The third-order valence-corrected chi connectivity index (χ3v) is 9.18. The lowest BCUT2D eigenvalue weighted by Crippen LogP contribution is -2.77. The van der Waals surface area contributed by atoms with Crippen molar-refractivity contribution in [3.8, 4) is 0 Å². The predicted molar refractivity (Wildman–Crippen MR) is 88.2 cm³/mol. The quantitative estimate of drug-likeness (QED) is 0.784. The summed E-state index contributed by atoms with van der Waals surface area (Å²) >= 11 is 0. The lowest BCUT2D eigenvalue weighted by Gasteiger charge is -2.73. The first kappa shape index (κ1) is 13.2. The van der Waals surface area contributed by atoms with Gasteiger partial charge >= 0.3 is 0 Å². The molecule has 120 valence electrons. The average Bonchev–Trinajstić information content (AvgIpc) is 3.06. The maximum absolute atomic E-state index is 12.0. The average molecular weight is 308 g/mol. The first-order chi connectivity index (χ1) is 11.0. The summed E-state index contributed by atoms with van der Waals surface area (Å²) in [5.41, 5.74) is -2.04. The van der Waals surface area contributed by atoms with Gasteiger partial charge in [-0.05, 0) is 54.8 Å². The minimum Gasteiger partial charge on any atom is -0.388 e. The van der Waals surface area contributed by atoms with Crippen molar-refractivity contribution in [2.24, 2.45) is 46.3 Å². The molecule has 2 heteroatoms. The van der Waals surface area contributed by atoms with E-state index in [1.165, 1.54) is 6.42 Å². The molecule has 10 atom stereocenters. The fourth-order valence-electron chi connectivity index (χ4n) is 9.51. The van der Waals surface area contributed by atoms with Crippen molar-refractivity contribution in [1.29, 1.82) is 0 Å². The van der Waals surface area contributed by atoms with Crippen LogP contribution in [0.2, 0.25) is 0 Å². The van der Waals surface area contributed by atoms with Gasteiger partial charge < -0.3 is 10.2 Å². The molecular formula is C21H24O2. The molecule has 0 aromatic carbocycles. The smallest absolute Gasteiger partial charge is 0.0819 e. The Morgan fingerprint density at radius 3 is 1.65 bits per heavy atom. The first-order valence-electron chi connectivity index (χ1n) is 9.09. The maximum Gasteiger partial charge on any atom is 0.0819 e. The third-order valence-electron chi connectivity index (χ3n) is 9.18. The molecule has 0 radical (unpaired) electrons. The van der Waals surface area contributed by atoms with Gasteiger partial charge in [-0.1, -0.05) is 36.5 Å². The first-order valence-corrected chi connectivity index (χ1v) is 9.09. The molecule has 0 heterocycles. The summed E-state index contributed by atoms with van der Waals surface area (Å²) in [6.07, 6.45) is 15.0. The zero-order chi connectivity index (χ0) is 15.8. The Balaban J connectivity index is 1.71. The summed E-state index contributed by atoms with van der Waals surface area (Å²) < 4.78 is 0. The standard InChI is InChI=1S/C21H24O2/c1-3-7-20(22)16-12-11-13-15-14(12)18(20)9-5-6-10-19(15,18)21(23,8-4-2)17(13)16/h3-6,9-10,12-17,22-23H,1-2,7-8,11H2/t12-,13+,14?,15?,16?,17?,18+,19-,20-,21+. The molecule has 0 aliphatic heterocycles. The highest BCUT2D eigenvalue weighted by Gasteiger charge is 3.00. The van der Waals surface area contributed by atoms with E-state index < -0.39 is 11.2 Å². The second-order valence-corrected chi connectivity index (χ2v) is 8.96. The highest BCUT2D eigenvalue weighted by molar-refractivity contribution is 5.56. The van der Waals surface area contributed by atoms with Crippen molar-refractivity contribution in [1.82, 2.24) is 0 Å². The molecule has 6 aliphatic carbocycles. The minimum absolute atomic E-state index is 0.225. The van der Waals surface area contributed by atoms with E-state index in [2.05, 4.69) is 37.5 Å². The number of allylic oxidation sites excluding steroid dienone is 2. The number of fused-ring (bicyclic) bond motifs is 1. The summed E-state index contributed by atoms with van der Waals surface area (Å²) in [7, 11) is 0. The van der Waals surface area contributed by atoms with Gasteiger partial charge in [-0.25, -0.2) is 0 Å². The van der Waals surface area contributed by atoms with Crippen LogP contribution in [0, 0.1) is 46.3 Å². The van der Waals surface area contributed by atoms with Gasteiger partial charge in [0, 0.05) is 10.8 Å². The van der Waals surface area contributed by atoms with Crippen molar-refractivity contribution in [3.05, 3.63) is 49.6 Å². The topological polar surface area (TPSA) is 40.5 Å². The van der Waals surface area contributed by atoms with E-state index in [-0.39, 0.29) is 22.7 Å². The van der Waals surface area contributed by atoms with Crippen LogP contribution in [0.15, 0.2) is 49.6 Å². The molecule has 0 amide bonds. The van der Waals surface area contributed by atoms with Gasteiger partial charge in [0.1, 0.15) is 0 Å². The van der Waals surface area contributed by atoms with Crippen LogP contribution < -0.4 is 0 Å². The van der Waals surface area contributed by atoms with Crippen LogP contribution in [0.4, 0.5) is 0 Å². The van der Waals surface area contributed by atoms with E-state index in [1.807, 2.05) is 12.2 Å². The third kappa shape index (κ3) is 0.827. The van der Waals surface area contributed by atoms with Gasteiger partial charge in [-0.2, -0.15) is 0 Å². The largest absolute Gasteiger partial charge is 0.388 e. The van der Waals surface area contributed by atoms with Crippen molar-refractivity contribution < 1.29 is 10.2 Å². The zero-order valence-corrected chi connectivity index (χ0v) is 13.4. The van der Waals surface area contributed by atoms with Crippen LogP contribution in [0.25, 0.3) is 0 Å². The molecule has 2 bridgehead atoms. The van der Waals surface area contributed by atoms with Crippen LogP contribution in [-0.4, -0.2) is 21.4 Å². The molecule has 5 saturated carbocycles. The van der Waals surface area contributed by atoms with E-state index in [0.29, 0.717) is 36.5 Å². The summed E-state index contributed by atoms with van der Waals surface area (Å²) in [4.78, 5) is 0. The molecule has 2 N–H and O–H groups in total. The Morgan fingerprint density at radius 1 is 0.826 bits per heavy atom. The minimum atomic E-state index is -0.731. The lowest BCUT2D eigenvalue weighted by atomic mass is 9.32. The Kier molecular flexibility index (Phi) is 1.90. The zero-order valence-electron chi connectivity index (χ0n) is 13.4. The predicted octanol–water partition coefficient (Wildman–Crippen LogP) is 2.85. The molecule has 0 saturated heterocycles. The van der Waals surface area contributed by atoms with Crippen molar-refractivity contribution in [2.45, 2.75) is 30.5 Å². The van der Waals surface area contributed by atoms with Gasteiger partial charge in [-0.3, -0.25) is 0 Å². The van der Waals surface area contributed by atoms with Crippen molar-refractivity contribution >= 4 is 0 Å². The molecule has 6 rings (SSSR count). The van der Waals surface area contributed by atoms with E-state index in [4.69, 9.17) is 0 Å². The summed E-state index contributed by atoms with van der Waals surface area (Å²) in [5, 5.41) is 23.9. The fraction of sp³-hybridized carbons (Fsp3) is 0.619. The molecule has 2 nitrogen and oxygen atoms in total. The van der Waals surface area contributed by atoms with E-state index >= 15 is 0 Å². The Morgan fingerprint density at radius 2 is 1.26 bits per heavy atom. The molecule has 4 unspecified atom stereocenters. The molecule has 23 heavy (non-hydrogen) atoms. The maximum atomic E-state index is 12.0. The van der Waals surface area contributed by atoms with Crippen LogP contribution in [0.1, 0.15) is 19.3 Å². The Labute approximate surface area is 137 Å². The van der Waals surface area contributed by atoms with Gasteiger partial charge in [0.15, 0.2) is 0 Å². The molecule has 0 aromatic rings. The Bertz CT molecular complexity index is 661. The van der Waals surface area contributed by atoms with Crippen molar-refractivity contribution in [2.75, 3.05) is 0 Å². The second kappa shape index (κ2) is 3.32. The monoisotopic (exact) mass is 308 g/mol. The Hall–Kier alpha value is -1.12. The van der Waals surface area contributed by atoms with Gasteiger partial charge in [0.05, 0.1) is 11.2 Å². The number of hydrogen-bond donors (Lipinski definition) is 2. The molecule has 5 fully saturated rings. The van der Waals surface area contributed by atoms with Gasteiger partial charge in [0.25, 0.3) is 0 Å².